The second-order valence-electron chi connectivity index (χ2n) is 7.98. The lowest BCUT2D eigenvalue weighted by Crippen LogP contribution is -2.36. The molecule has 0 radical (unpaired) electrons. The van der Waals surface area contributed by atoms with Crippen molar-refractivity contribution in [1.82, 2.24) is 25.1 Å². The Morgan fingerprint density at radius 1 is 1.26 bits per heavy atom. The van der Waals surface area contributed by atoms with Crippen molar-refractivity contribution in [3.05, 3.63) is 6.20 Å². The minimum atomic E-state index is -0.388. The summed E-state index contributed by atoms with van der Waals surface area (Å²) in [5, 5.41) is 9.33. The van der Waals surface area contributed by atoms with Gasteiger partial charge in [-0.25, -0.2) is 14.6 Å². The molecule has 1 saturated heterocycles. The van der Waals surface area contributed by atoms with Gasteiger partial charge in [-0.1, -0.05) is 39.5 Å². The molecule has 0 saturated carbocycles. The van der Waals surface area contributed by atoms with Crippen molar-refractivity contribution in [3.63, 3.8) is 0 Å². The third kappa shape index (κ3) is 4.72. The topological polar surface area (TPSA) is 75.9 Å². The molecule has 3 rings (SSSR count). The first-order valence-corrected chi connectivity index (χ1v) is 10.8. The fourth-order valence-corrected chi connectivity index (χ4v) is 3.74. The van der Waals surface area contributed by atoms with E-state index >= 15 is 0 Å². The molecule has 3 heterocycles. The van der Waals surface area contributed by atoms with E-state index in [0.717, 1.165) is 47.3 Å². The van der Waals surface area contributed by atoms with Crippen molar-refractivity contribution >= 4 is 34.5 Å². The lowest BCUT2D eigenvalue weighted by molar-refractivity contribution is -0.128. The van der Waals surface area contributed by atoms with Crippen LogP contribution in [0.2, 0.25) is 0 Å². The number of fused-ring (bicyclic) bond motifs is 1. The summed E-state index contributed by atoms with van der Waals surface area (Å²) in [6.07, 6.45) is 5.36. The minimum Gasteiger partial charge on any atom is -0.356 e. The summed E-state index contributed by atoms with van der Waals surface area (Å²) in [4.78, 5) is 24.0. The van der Waals surface area contributed by atoms with Gasteiger partial charge in [-0.15, -0.1) is 0 Å². The lowest BCUT2D eigenvalue weighted by atomic mass is 9.96. The van der Waals surface area contributed by atoms with Gasteiger partial charge in [0.2, 0.25) is 5.91 Å². The standard InChI is InChI=1S/C19H30N6OS/c1-5-12-27-18-22-15(24-9-6-7-10-24)14-13-21-25(16(14)23-18)11-8-20-17(26)19(2,3)4/h13H,5-12H2,1-4H3,(H,20,26). The first-order chi connectivity index (χ1) is 12.9. The van der Waals surface area contributed by atoms with E-state index in [9.17, 15) is 4.79 Å². The maximum atomic E-state index is 12.1. The molecule has 1 N–H and O–H groups in total. The van der Waals surface area contributed by atoms with Crippen LogP contribution in [-0.4, -0.2) is 51.0 Å². The molecule has 1 aliphatic heterocycles. The van der Waals surface area contributed by atoms with Gasteiger partial charge in [0.15, 0.2) is 10.8 Å². The largest absolute Gasteiger partial charge is 0.356 e. The minimum absolute atomic E-state index is 0.0468. The summed E-state index contributed by atoms with van der Waals surface area (Å²) in [7, 11) is 0. The smallest absolute Gasteiger partial charge is 0.225 e. The fraction of sp³-hybridized carbons (Fsp3) is 0.684. The molecule has 1 fully saturated rings. The molecular formula is C19H30N6OS. The van der Waals surface area contributed by atoms with Gasteiger partial charge in [0.05, 0.1) is 18.1 Å². The molecule has 8 heteroatoms. The zero-order chi connectivity index (χ0) is 19.4. The number of anilines is 1. The Kier molecular flexibility index (Phi) is 6.24. The molecular weight excluding hydrogens is 360 g/mol. The highest BCUT2D eigenvalue weighted by atomic mass is 32.2. The van der Waals surface area contributed by atoms with Crippen LogP contribution in [0.5, 0.6) is 0 Å². The van der Waals surface area contributed by atoms with Crippen molar-refractivity contribution in [1.29, 1.82) is 0 Å². The average Bonchev–Trinajstić information content (AvgIpc) is 3.28. The van der Waals surface area contributed by atoms with Crippen molar-refractivity contribution in [2.75, 3.05) is 30.3 Å². The van der Waals surface area contributed by atoms with Gasteiger partial charge in [-0.05, 0) is 19.3 Å². The molecule has 0 spiro atoms. The Morgan fingerprint density at radius 2 is 2.00 bits per heavy atom. The van der Waals surface area contributed by atoms with Gasteiger partial charge in [-0.2, -0.15) is 5.10 Å². The number of nitrogens with zero attached hydrogens (tertiary/aromatic N) is 5. The highest BCUT2D eigenvalue weighted by molar-refractivity contribution is 7.99. The Labute approximate surface area is 165 Å². The molecule has 0 bridgehead atoms. The van der Waals surface area contributed by atoms with Crippen LogP contribution in [0.3, 0.4) is 0 Å². The van der Waals surface area contributed by atoms with E-state index in [4.69, 9.17) is 9.97 Å². The molecule has 2 aromatic rings. The zero-order valence-corrected chi connectivity index (χ0v) is 17.6. The number of rotatable bonds is 7. The summed E-state index contributed by atoms with van der Waals surface area (Å²) >= 11 is 1.69. The van der Waals surface area contributed by atoms with Crippen LogP contribution in [0.1, 0.15) is 47.0 Å². The number of thioether (sulfide) groups is 1. The summed E-state index contributed by atoms with van der Waals surface area (Å²) in [6.45, 7) is 11.1. The molecule has 148 valence electrons. The first kappa shape index (κ1) is 19.9. The number of hydrogen-bond donors (Lipinski definition) is 1. The van der Waals surface area contributed by atoms with Gasteiger partial charge >= 0.3 is 0 Å². The van der Waals surface area contributed by atoms with E-state index in [1.807, 2.05) is 31.6 Å². The number of carbonyl (C=O) groups is 1. The van der Waals surface area contributed by atoms with Crippen LogP contribution in [0.25, 0.3) is 11.0 Å². The van der Waals surface area contributed by atoms with Crippen LogP contribution >= 0.6 is 11.8 Å². The molecule has 1 amide bonds. The van der Waals surface area contributed by atoms with Crippen LogP contribution in [0, 0.1) is 5.41 Å². The average molecular weight is 391 g/mol. The summed E-state index contributed by atoms with van der Waals surface area (Å²) in [6, 6.07) is 0. The predicted octanol–water partition coefficient (Wildman–Crippen LogP) is 3.09. The molecule has 1 aliphatic rings. The molecule has 0 unspecified atom stereocenters. The summed E-state index contributed by atoms with van der Waals surface area (Å²) in [5.74, 6) is 2.05. The number of amides is 1. The third-order valence-electron chi connectivity index (χ3n) is 4.59. The normalized spacial score (nSPS) is 14.9. The van der Waals surface area contributed by atoms with E-state index in [2.05, 4.69) is 22.2 Å². The van der Waals surface area contributed by atoms with Crippen molar-refractivity contribution < 1.29 is 4.79 Å². The summed E-state index contributed by atoms with van der Waals surface area (Å²) < 4.78 is 1.88. The Morgan fingerprint density at radius 3 is 2.67 bits per heavy atom. The monoisotopic (exact) mass is 390 g/mol. The molecule has 0 aliphatic carbocycles. The molecule has 2 aromatic heterocycles. The van der Waals surface area contributed by atoms with Crippen LogP contribution in [0.4, 0.5) is 5.82 Å². The van der Waals surface area contributed by atoms with Crippen LogP contribution in [0.15, 0.2) is 11.4 Å². The molecule has 0 atom stereocenters. The van der Waals surface area contributed by atoms with Gasteiger partial charge in [0.25, 0.3) is 0 Å². The SMILES string of the molecule is CCCSc1nc(N2CCCC2)c2cnn(CCNC(=O)C(C)(C)C)c2n1. The maximum absolute atomic E-state index is 12.1. The van der Waals surface area contributed by atoms with E-state index in [1.54, 1.807) is 11.8 Å². The van der Waals surface area contributed by atoms with Crippen molar-refractivity contribution in [2.24, 2.45) is 5.41 Å². The molecule has 27 heavy (non-hydrogen) atoms. The Hall–Kier alpha value is -1.83. The third-order valence-corrected chi connectivity index (χ3v) is 5.64. The van der Waals surface area contributed by atoms with E-state index in [1.165, 1.54) is 12.8 Å². The highest BCUT2D eigenvalue weighted by Gasteiger charge is 2.22. The van der Waals surface area contributed by atoms with Gasteiger partial charge < -0.3 is 10.2 Å². The fourth-order valence-electron chi connectivity index (χ4n) is 3.05. The Bertz CT molecular complexity index is 791. The first-order valence-electron chi connectivity index (χ1n) is 9.79. The van der Waals surface area contributed by atoms with Crippen molar-refractivity contribution in [2.45, 2.75) is 58.7 Å². The Balaban J connectivity index is 1.83. The number of nitrogens with one attached hydrogen (secondary N) is 1. The number of carbonyl (C=O) groups excluding carboxylic acids is 1. The van der Waals surface area contributed by atoms with E-state index in [0.29, 0.717) is 13.1 Å². The lowest BCUT2D eigenvalue weighted by Gasteiger charge is -2.18. The van der Waals surface area contributed by atoms with E-state index < -0.39 is 0 Å². The van der Waals surface area contributed by atoms with Crippen LogP contribution in [-0.2, 0) is 11.3 Å². The second kappa shape index (κ2) is 8.46. The highest BCUT2D eigenvalue weighted by Crippen LogP contribution is 2.29. The van der Waals surface area contributed by atoms with Gasteiger partial charge in [0.1, 0.15) is 5.82 Å². The predicted molar refractivity (Wildman–Crippen MR) is 110 cm³/mol. The second-order valence-corrected chi connectivity index (χ2v) is 9.05. The number of aromatic nitrogens is 4. The zero-order valence-electron chi connectivity index (χ0n) is 16.8. The maximum Gasteiger partial charge on any atom is 0.225 e. The van der Waals surface area contributed by atoms with Gasteiger partial charge in [-0.3, -0.25) is 4.79 Å². The van der Waals surface area contributed by atoms with Crippen LogP contribution < -0.4 is 10.2 Å². The van der Waals surface area contributed by atoms with Crippen molar-refractivity contribution in [3.8, 4) is 0 Å². The quantitative estimate of drug-likeness (QED) is 0.578. The van der Waals surface area contributed by atoms with E-state index in [-0.39, 0.29) is 11.3 Å². The summed E-state index contributed by atoms with van der Waals surface area (Å²) in [5.41, 5.74) is 0.469. The van der Waals surface area contributed by atoms with Gasteiger partial charge in [0, 0.05) is 30.8 Å². The molecule has 7 nitrogen and oxygen atoms in total. The number of hydrogen-bond acceptors (Lipinski definition) is 6. The molecule has 0 aromatic carbocycles.